The van der Waals surface area contributed by atoms with Crippen molar-refractivity contribution < 1.29 is 0 Å². The average Bonchev–Trinajstić information content (AvgIpc) is 2.41. The zero-order valence-electron chi connectivity index (χ0n) is 9.35. The van der Waals surface area contributed by atoms with Crippen molar-refractivity contribution in [3.63, 3.8) is 0 Å². The Morgan fingerprint density at radius 2 is 1.68 bits per heavy atom. The van der Waals surface area contributed by atoms with Gasteiger partial charge in [0.25, 0.3) is 0 Å². The van der Waals surface area contributed by atoms with E-state index in [1.165, 1.54) is 0 Å². The Balaban J connectivity index is 2.37. The van der Waals surface area contributed by atoms with Crippen LogP contribution >= 0.6 is 50.7 Å². The van der Waals surface area contributed by atoms with Crippen molar-refractivity contribution in [1.29, 1.82) is 5.26 Å². The highest BCUT2D eigenvalue weighted by molar-refractivity contribution is 9.10. The highest BCUT2D eigenvalue weighted by Crippen LogP contribution is 2.38. The predicted molar refractivity (Wildman–Crippen MR) is 83.6 cm³/mol. The highest BCUT2D eigenvalue weighted by Gasteiger charge is 2.10. The molecule has 2 nitrogen and oxygen atoms in total. The third-order valence-corrected chi connectivity index (χ3v) is 4.49. The van der Waals surface area contributed by atoms with E-state index in [9.17, 15) is 0 Å². The number of nitrogens with zero attached hydrogens (tertiary/aromatic N) is 1. The van der Waals surface area contributed by atoms with Gasteiger partial charge in [-0.25, -0.2) is 0 Å². The summed E-state index contributed by atoms with van der Waals surface area (Å²) >= 11 is 21.6. The lowest BCUT2D eigenvalue weighted by Gasteiger charge is -2.11. The molecule has 0 aromatic heterocycles. The summed E-state index contributed by atoms with van der Waals surface area (Å²) in [6.45, 7) is 0. The normalized spacial score (nSPS) is 10.1. The van der Waals surface area contributed by atoms with Gasteiger partial charge in [-0.1, -0.05) is 34.8 Å². The van der Waals surface area contributed by atoms with Crippen LogP contribution in [-0.2, 0) is 0 Å². The first-order valence-electron chi connectivity index (χ1n) is 5.13. The van der Waals surface area contributed by atoms with Gasteiger partial charge in [-0.15, -0.1) is 0 Å². The fourth-order valence-electron chi connectivity index (χ4n) is 1.45. The molecule has 2 rings (SSSR count). The van der Waals surface area contributed by atoms with Gasteiger partial charge in [0.05, 0.1) is 38.1 Å². The first-order valence-corrected chi connectivity index (χ1v) is 7.06. The molecule has 0 amide bonds. The van der Waals surface area contributed by atoms with Gasteiger partial charge in [-0.3, -0.25) is 0 Å². The lowest BCUT2D eigenvalue weighted by molar-refractivity contribution is 1.47. The second-order valence-electron chi connectivity index (χ2n) is 3.65. The Labute approximate surface area is 134 Å². The van der Waals surface area contributed by atoms with Crippen LogP contribution < -0.4 is 5.32 Å². The largest absolute Gasteiger partial charge is 0.353 e. The van der Waals surface area contributed by atoms with Crippen LogP contribution in [0, 0.1) is 11.3 Å². The summed E-state index contributed by atoms with van der Waals surface area (Å²) in [6.07, 6.45) is 0. The standard InChI is InChI=1S/C13H6BrCl3N2/c14-8-2-4-11(13(17)12(8)16)19-10-3-1-7(6-18)5-9(10)15/h1-5,19H. The molecule has 0 aliphatic carbocycles. The minimum Gasteiger partial charge on any atom is -0.353 e. The van der Waals surface area contributed by atoms with Crippen LogP contribution in [-0.4, -0.2) is 0 Å². The number of benzene rings is 2. The number of hydrogen-bond acceptors (Lipinski definition) is 2. The minimum absolute atomic E-state index is 0.400. The van der Waals surface area contributed by atoms with Crippen molar-refractivity contribution in [3.05, 3.63) is 55.4 Å². The molecule has 0 fully saturated rings. The fourth-order valence-corrected chi connectivity index (χ4v) is 2.50. The molecule has 0 atom stereocenters. The summed E-state index contributed by atoms with van der Waals surface area (Å²) in [7, 11) is 0. The summed E-state index contributed by atoms with van der Waals surface area (Å²) in [5.41, 5.74) is 1.79. The molecule has 96 valence electrons. The van der Waals surface area contributed by atoms with Crippen molar-refractivity contribution in [1.82, 2.24) is 0 Å². The smallest absolute Gasteiger partial charge is 0.0992 e. The second-order valence-corrected chi connectivity index (χ2v) is 5.67. The van der Waals surface area contributed by atoms with Crippen molar-refractivity contribution >= 4 is 62.1 Å². The fraction of sp³-hybridized carbons (Fsp3) is 0. The number of nitriles is 1. The van der Waals surface area contributed by atoms with Crippen LogP contribution in [0.3, 0.4) is 0 Å². The molecule has 0 spiro atoms. The summed E-state index contributed by atoms with van der Waals surface area (Å²) in [5.74, 6) is 0. The molecule has 2 aromatic rings. The maximum absolute atomic E-state index is 8.78. The van der Waals surface area contributed by atoms with Gasteiger partial charge in [-0.05, 0) is 46.3 Å². The van der Waals surface area contributed by atoms with E-state index < -0.39 is 0 Å². The van der Waals surface area contributed by atoms with Gasteiger partial charge >= 0.3 is 0 Å². The van der Waals surface area contributed by atoms with E-state index >= 15 is 0 Å². The van der Waals surface area contributed by atoms with Crippen LogP contribution in [0.4, 0.5) is 11.4 Å². The second kappa shape index (κ2) is 6.02. The van der Waals surface area contributed by atoms with E-state index in [1.807, 2.05) is 6.07 Å². The van der Waals surface area contributed by atoms with E-state index in [0.29, 0.717) is 32.0 Å². The van der Waals surface area contributed by atoms with Crippen LogP contribution in [0.5, 0.6) is 0 Å². The van der Waals surface area contributed by atoms with E-state index in [-0.39, 0.29) is 0 Å². The van der Waals surface area contributed by atoms with Gasteiger partial charge in [0.2, 0.25) is 0 Å². The number of anilines is 2. The lowest BCUT2D eigenvalue weighted by atomic mass is 10.2. The van der Waals surface area contributed by atoms with E-state index in [4.69, 9.17) is 40.1 Å². The number of rotatable bonds is 2. The van der Waals surface area contributed by atoms with Crippen LogP contribution in [0.25, 0.3) is 0 Å². The van der Waals surface area contributed by atoms with Crippen molar-refractivity contribution in [3.8, 4) is 6.07 Å². The van der Waals surface area contributed by atoms with Crippen molar-refractivity contribution in [2.24, 2.45) is 0 Å². The molecular weight excluding hydrogens is 370 g/mol. The molecule has 0 unspecified atom stereocenters. The third-order valence-electron chi connectivity index (χ3n) is 2.40. The Bertz CT molecular complexity index is 680. The highest BCUT2D eigenvalue weighted by atomic mass is 79.9. The molecule has 0 bridgehead atoms. The minimum atomic E-state index is 0.400. The van der Waals surface area contributed by atoms with Gasteiger partial charge in [0.15, 0.2) is 0 Å². The lowest BCUT2D eigenvalue weighted by Crippen LogP contribution is -1.93. The topological polar surface area (TPSA) is 35.8 Å². The third kappa shape index (κ3) is 3.16. The monoisotopic (exact) mass is 374 g/mol. The molecule has 0 aliphatic heterocycles. The van der Waals surface area contributed by atoms with Crippen LogP contribution in [0.15, 0.2) is 34.8 Å². The van der Waals surface area contributed by atoms with Gasteiger partial charge in [0.1, 0.15) is 0 Å². The quantitative estimate of drug-likeness (QED) is 0.650. The molecular formula is C13H6BrCl3N2. The zero-order chi connectivity index (χ0) is 14.0. The Morgan fingerprint density at radius 1 is 1.00 bits per heavy atom. The Morgan fingerprint density at radius 3 is 2.32 bits per heavy atom. The summed E-state index contributed by atoms with van der Waals surface area (Å²) in [5, 5.41) is 13.1. The molecule has 2 aromatic carbocycles. The molecule has 6 heteroatoms. The van der Waals surface area contributed by atoms with Gasteiger partial charge in [-0.2, -0.15) is 5.26 Å². The predicted octanol–water partition coefficient (Wildman–Crippen LogP) is 6.02. The summed E-state index contributed by atoms with van der Waals surface area (Å²) in [6, 6.07) is 10.6. The van der Waals surface area contributed by atoms with Crippen LogP contribution in [0.2, 0.25) is 15.1 Å². The average molecular weight is 376 g/mol. The summed E-state index contributed by atoms with van der Waals surface area (Å²) < 4.78 is 0.718. The molecule has 0 saturated carbocycles. The Kier molecular flexibility index (Phi) is 4.59. The van der Waals surface area contributed by atoms with Gasteiger partial charge < -0.3 is 5.32 Å². The molecule has 0 heterocycles. The van der Waals surface area contributed by atoms with E-state index in [0.717, 1.165) is 4.47 Å². The molecule has 0 radical (unpaired) electrons. The zero-order valence-corrected chi connectivity index (χ0v) is 13.2. The number of halogens is 4. The molecule has 0 aliphatic rings. The van der Waals surface area contributed by atoms with Gasteiger partial charge in [0, 0.05) is 4.47 Å². The molecule has 0 saturated heterocycles. The van der Waals surface area contributed by atoms with Crippen LogP contribution in [0.1, 0.15) is 5.56 Å². The maximum Gasteiger partial charge on any atom is 0.0992 e. The van der Waals surface area contributed by atoms with E-state index in [2.05, 4.69) is 21.2 Å². The molecule has 1 N–H and O–H groups in total. The Hall–Kier alpha value is -0.920. The van der Waals surface area contributed by atoms with E-state index in [1.54, 1.807) is 30.3 Å². The van der Waals surface area contributed by atoms with Crippen molar-refractivity contribution in [2.75, 3.05) is 5.32 Å². The summed E-state index contributed by atoms with van der Waals surface area (Å²) in [4.78, 5) is 0. The molecule has 19 heavy (non-hydrogen) atoms. The number of nitrogens with one attached hydrogen (secondary N) is 1. The first-order chi connectivity index (χ1) is 9.02. The maximum atomic E-state index is 8.78. The van der Waals surface area contributed by atoms with Crippen molar-refractivity contribution in [2.45, 2.75) is 0 Å². The number of hydrogen-bond donors (Lipinski definition) is 1. The SMILES string of the molecule is N#Cc1ccc(Nc2ccc(Br)c(Cl)c2Cl)c(Cl)c1. The first kappa shape index (κ1) is 14.5.